The first kappa shape index (κ1) is 17.9. The van der Waals surface area contributed by atoms with Gasteiger partial charge in [0, 0.05) is 19.4 Å². The van der Waals surface area contributed by atoms with Crippen molar-refractivity contribution in [2.45, 2.75) is 51.5 Å². The van der Waals surface area contributed by atoms with Crippen molar-refractivity contribution in [1.82, 2.24) is 14.9 Å². The van der Waals surface area contributed by atoms with E-state index < -0.39 is 5.82 Å². The molecule has 27 heavy (non-hydrogen) atoms. The number of H-pyrrole nitrogens is 1. The molecule has 0 unspecified atom stereocenters. The first-order valence-electron chi connectivity index (χ1n) is 9.76. The van der Waals surface area contributed by atoms with Crippen LogP contribution in [-0.2, 0) is 17.8 Å². The Morgan fingerprint density at radius 3 is 2.81 bits per heavy atom. The molecule has 1 aliphatic carbocycles. The normalized spacial score (nSPS) is 17.1. The van der Waals surface area contributed by atoms with Crippen molar-refractivity contribution in [2.75, 3.05) is 6.54 Å². The fraction of sp³-hybridized carbons (Fsp3) is 0.476. The number of hydrogen-bond acceptors (Lipinski definition) is 3. The molecule has 6 heteroatoms. The maximum Gasteiger partial charge on any atom is 0.256 e. The van der Waals surface area contributed by atoms with Crippen molar-refractivity contribution in [3.8, 4) is 11.4 Å². The molecule has 2 aromatic rings. The first-order chi connectivity index (χ1) is 13.1. The van der Waals surface area contributed by atoms with Gasteiger partial charge >= 0.3 is 0 Å². The summed E-state index contributed by atoms with van der Waals surface area (Å²) in [5.74, 6) is 0.627. The predicted octanol–water partition coefficient (Wildman–Crippen LogP) is 3.43. The summed E-state index contributed by atoms with van der Waals surface area (Å²) in [5, 5.41) is 0. The van der Waals surface area contributed by atoms with Gasteiger partial charge in [-0.15, -0.1) is 0 Å². The number of fused-ring (bicyclic) bond motifs is 1. The fourth-order valence-corrected chi connectivity index (χ4v) is 4.20. The van der Waals surface area contributed by atoms with Crippen molar-refractivity contribution in [3.63, 3.8) is 0 Å². The minimum absolute atomic E-state index is 0.116. The summed E-state index contributed by atoms with van der Waals surface area (Å²) in [6.45, 7) is 0.850. The Morgan fingerprint density at radius 1 is 1.26 bits per heavy atom. The molecule has 0 radical (unpaired) electrons. The van der Waals surface area contributed by atoms with Crippen molar-refractivity contribution in [1.29, 1.82) is 0 Å². The van der Waals surface area contributed by atoms with Gasteiger partial charge in [-0.1, -0.05) is 37.8 Å². The predicted molar refractivity (Wildman–Crippen MR) is 101 cm³/mol. The van der Waals surface area contributed by atoms with E-state index in [1.807, 2.05) is 0 Å². The second-order valence-corrected chi connectivity index (χ2v) is 7.57. The molecule has 2 aliphatic rings. The molecule has 1 aromatic carbocycles. The molecule has 0 atom stereocenters. The topological polar surface area (TPSA) is 66.1 Å². The van der Waals surface area contributed by atoms with E-state index in [1.54, 1.807) is 23.1 Å². The number of benzene rings is 1. The highest BCUT2D eigenvalue weighted by Gasteiger charge is 2.26. The molecular weight excluding hydrogens is 345 g/mol. The van der Waals surface area contributed by atoms with Crippen molar-refractivity contribution >= 4 is 5.91 Å². The molecule has 1 fully saturated rings. The van der Waals surface area contributed by atoms with E-state index in [1.165, 1.54) is 31.7 Å². The lowest BCUT2D eigenvalue weighted by atomic mass is 10.0. The Bertz CT molecular complexity index is 903. The van der Waals surface area contributed by atoms with Crippen LogP contribution in [0.5, 0.6) is 0 Å². The zero-order chi connectivity index (χ0) is 18.8. The number of rotatable bonds is 4. The number of aromatic amines is 1. The summed E-state index contributed by atoms with van der Waals surface area (Å²) in [5.41, 5.74) is 1.19. The molecule has 142 valence electrons. The number of nitrogens with zero attached hydrogens (tertiary/aromatic N) is 2. The number of carbonyl (C=O) groups excluding carboxylic acids is 1. The highest BCUT2D eigenvalue weighted by atomic mass is 19.1. The van der Waals surface area contributed by atoms with Gasteiger partial charge in [-0.05, 0) is 24.5 Å². The quantitative estimate of drug-likeness (QED) is 0.898. The number of carbonyl (C=O) groups is 1. The van der Waals surface area contributed by atoms with E-state index >= 15 is 0 Å². The summed E-state index contributed by atoms with van der Waals surface area (Å²) in [6, 6.07) is 6.26. The maximum absolute atomic E-state index is 14.0. The van der Waals surface area contributed by atoms with Gasteiger partial charge in [0.25, 0.3) is 5.56 Å². The Morgan fingerprint density at radius 2 is 2.04 bits per heavy atom. The summed E-state index contributed by atoms with van der Waals surface area (Å²) >= 11 is 0. The van der Waals surface area contributed by atoms with Crippen molar-refractivity contribution in [2.24, 2.45) is 5.92 Å². The second kappa shape index (κ2) is 7.62. The summed E-state index contributed by atoms with van der Waals surface area (Å²) in [6.07, 6.45) is 7.05. The second-order valence-electron chi connectivity index (χ2n) is 7.57. The summed E-state index contributed by atoms with van der Waals surface area (Å²) < 4.78 is 14.0. The smallest absolute Gasteiger partial charge is 0.256 e. The van der Waals surface area contributed by atoms with Crippen LogP contribution in [0.1, 0.15) is 49.8 Å². The Balaban J connectivity index is 1.49. The average molecular weight is 369 g/mol. The molecule has 1 N–H and O–H groups in total. The molecule has 1 aromatic heterocycles. The first-order valence-corrected chi connectivity index (χ1v) is 9.76. The van der Waals surface area contributed by atoms with Crippen LogP contribution in [0.2, 0.25) is 0 Å². The van der Waals surface area contributed by atoms with Gasteiger partial charge in [0.2, 0.25) is 5.91 Å². The molecule has 1 amide bonds. The molecule has 1 aliphatic heterocycles. The monoisotopic (exact) mass is 369 g/mol. The summed E-state index contributed by atoms with van der Waals surface area (Å²) in [4.78, 5) is 34.0. The van der Waals surface area contributed by atoms with Gasteiger partial charge in [0.1, 0.15) is 11.6 Å². The molecule has 0 saturated heterocycles. The molecular formula is C21H24FN3O2. The Kier molecular flexibility index (Phi) is 5.05. The SMILES string of the molecule is O=C(CCC1CCCC1)N1CCc2nc(-c3ccccc3F)[nH]c(=O)c2C1. The number of amides is 1. The fourth-order valence-electron chi connectivity index (χ4n) is 4.20. The molecule has 4 rings (SSSR count). The lowest BCUT2D eigenvalue weighted by Crippen LogP contribution is -2.39. The van der Waals surface area contributed by atoms with E-state index in [4.69, 9.17) is 0 Å². The van der Waals surface area contributed by atoms with Crippen molar-refractivity contribution in [3.05, 3.63) is 51.7 Å². The average Bonchev–Trinajstić information content (AvgIpc) is 3.20. The minimum Gasteiger partial charge on any atom is -0.338 e. The van der Waals surface area contributed by atoms with E-state index in [2.05, 4.69) is 9.97 Å². The van der Waals surface area contributed by atoms with Crippen LogP contribution in [0.4, 0.5) is 4.39 Å². The van der Waals surface area contributed by atoms with Crippen LogP contribution in [0, 0.1) is 11.7 Å². The van der Waals surface area contributed by atoms with Crippen LogP contribution in [0.3, 0.4) is 0 Å². The van der Waals surface area contributed by atoms with E-state index in [0.29, 0.717) is 43.1 Å². The Hall–Kier alpha value is -2.50. The molecule has 2 heterocycles. The Labute approximate surface area is 157 Å². The van der Waals surface area contributed by atoms with Gasteiger partial charge in [-0.3, -0.25) is 9.59 Å². The number of halogens is 1. The highest BCUT2D eigenvalue weighted by Crippen LogP contribution is 2.29. The summed E-state index contributed by atoms with van der Waals surface area (Å²) in [7, 11) is 0. The van der Waals surface area contributed by atoms with Gasteiger partial charge in [0.05, 0.1) is 23.4 Å². The number of aromatic nitrogens is 2. The van der Waals surface area contributed by atoms with Crippen molar-refractivity contribution < 1.29 is 9.18 Å². The number of nitrogens with one attached hydrogen (secondary N) is 1. The van der Waals surface area contributed by atoms with Crippen LogP contribution < -0.4 is 5.56 Å². The maximum atomic E-state index is 14.0. The largest absolute Gasteiger partial charge is 0.338 e. The van der Waals surface area contributed by atoms with Gasteiger partial charge in [0.15, 0.2) is 0 Å². The lowest BCUT2D eigenvalue weighted by Gasteiger charge is -2.28. The molecule has 0 bridgehead atoms. The van der Waals surface area contributed by atoms with Crippen LogP contribution in [0.15, 0.2) is 29.1 Å². The highest BCUT2D eigenvalue weighted by molar-refractivity contribution is 5.76. The molecule has 0 spiro atoms. The van der Waals surface area contributed by atoms with Crippen LogP contribution in [-0.4, -0.2) is 27.3 Å². The third-order valence-electron chi connectivity index (χ3n) is 5.79. The zero-order valence-electron chi connectivity index (χ0n) is 15.3. The zero-order valence-corrected chi connectivity index (χ0v) is 15.3. The minimum atomic E-state index is -0.417. The van der Waals surface area contributed by atoms with Gasteiger partial charge in [-0.2, -0.15) is 0 Å². The van der Waals surface area contributed by atoms with E-state index in [-0.39, 0.29) is 22.9 Å². The number of hydrogen-bond donors (Lipinski definition) is 1. The lowest BCUT2D eigenvalue weighted by molar-refractivity contribution is -0.132. The van der Waals surface area contributed by atoms with Gasteiger partial charge in [-0.25, -0.2) is 9.37 Å². The third-order valence-corrected chi connectivity index (χ3v) is 5.79. The molecule has 1 saturated carbocycles. The van der Waals surface area contributed by atoms with E-state index in [0.717, 1.165) is 6.42 Å². The third kappa shape index (κ3) is 3.80. The van der Waals surface area contributed by atoms with Crippen LogP contribution >= 0.6 is 0 Å². The van der Waals surface area contributed by atoms with Gasteiger partial charge < -0.3 is 9.88 Å². The molecule has 5 nitrogen and oxygen atoms in total. The van der Waals surface area contributed by atoms with Crippen LogP contribution in [0.25, 0.3) is 11.4 Å². The standard InChI is InChI=1S/C21H24FN3O2/c22-17-8-4-3-7-15(17)20-23-18-11-12-25(13-16(18)21(27)24-20)19(26)10-9-14-5-1-2-6-14/h3-4,7-8,14H,1-2,5-6,9-13H2,(H,23,24,27). The van der Waals surface area contributed by atoms with E-state index in [9.17, 15) is 14.0 Å².